The molecule has 5 rings (SSSR count). The Labute approximate surface area is 186 Å². The van der Waals surface area contributed by atoms with Gasteiger partial charge >= 0.3 is 0 Å². The van der Waals surface area contributed by atoms with Gasteiger partial charge in [-0.25, -0.2) is 4.98 Å². The van der Waals surface area contributed by atoms with E-state index in [1.54, 1.807) is 4.68 Å². The lowest BCUT2D eigenvalue weighted by molar-refractivity contribution is 0.137. The molecule has 1 saturated heterocycles. The van der Waals surface area contributed by atoms with Crippen molar-refractivity contribution >= 4 is 33.4 Å². The minimum atomic E-state index is 0.206. The Kier molecular flexibility index (Phi) is 5.18. The van der Waals surface area contributed by atoms with Crippen molar-refractivity contribution in [1.29, 1.82) is 5.26 Å². The fourth-order valence-corrected chi connectivity index (χ4v) is 5.84. The van der Waals surface area contributed by atoms with Gasteiger partial charge in [0.15, 0.2) is 5.65 Å². The third-order valence-corrected chi connectivity index (χ3v) is 7.62. The third-order valence-electron chi connectivity index (χ3n) is 6.13. The number of aryl methyl sites for hydroxylation is 1. The van der Waals surface area contributed by atoms with Crippen molar-refractivity contribution < 1.29 is 0 Å². The summed E-state index contributed by atoms with van der Waals surface area (Å²) in [5.41, 5.74) is 11.3. The summed E-state index contributed by atoms with van der Waals surface area (Å²) in [6.07, 6.45) is 5.85. The van der Waals surface area contributed by atoms with Crippen molar-refractivity contribution in [2.45, 2.75) is 24.4 Å². The van der Waals surface area contributed by atoms with E-state index in [9.17, 15) is 5.26 Å². The molecule has 3 aromatic rings. The zero-order valence-corrected chi connectivity index (χ0v) is 18.5. The van der Waals surface area contributed by atoms with Crippen molar-refractivity contribution in [3.8, 4) is 6.07 Å². The number of nitrogens with zero attached hydrogens (tertiary/aromatic N) is 6. The van der Waals surface area contributed by atoms with Crippen LogP contribution in [0.25, 0.3) is 21.6 Å². The molecule has 31 heavy (non-hydrogen) atoms. The van der Waals surface area contributed by atoms with Crippen LogP contribution in [0, 0.1) is 11.3 Å². The van der Waals surface area contributed by atoms with Gasteiger partial charge in [-0.1, -0.05) is 23.9 Å². The number of piperidine rings is 1. The maximum Gasteiger partial charge on any atom is 0.157 e. The van der Waals surface area contributed by atoms with E-state index in [0.29, 0.717) is 11.6 Å². The molecule has 8 heteroatoms. The Morgan fingerprint density at radius 2 is 1.84 bits per heavy atom. The van der Waals surface area contributed by atoms with Gasteiger partial charge in [-0.3, -0.25) is 9.58 Å². The van der Waals surface area contributed by atoms with E-state index in [-0.39, 0.29) is 5.50 Å². The number of pyridine rings is 1. The summed E-state index contributed by atoms with van der Waals surface area (Å²) in [6, 6.07) is 12.5. The largest absolute Gasteiger partial charge is 0.348 e. The van der Waals surface area contributed by atoms with Crippen LogP contribution in [0.3, 0.4) is 0 Å². The number of hydrogen-bond donors (Lipinski definition) is 1. The Morgan fingerprint density at radius 1 is 1.10 bits per heavy atom. The van der Waals surface area contributed by atoms with Crippen LogP contribution < -0.4 is 5.73 Å². The maximum absolute atomic E-state index is 9.20. The van der Waals surface area contributed by atoms with E-state index in [0.717, 1.165) is 48.1 Å². The number of hydrogen-bond acceptors (Lipinski definition) is 7. The van der Waals surface area contributed by atoms with Crippen molar-refractivity contribution in [2.24, 2.45) is 12.8 Å². The first kappa shape index (κ1) is 20.1. The summed E-state index contributed by atoms with van der Waals surface area (Å²) >= 11 is 1.87. The van der Waals surface area contributed by atoms with Crippen LogP contribution in [0.5, 0.6) is 0 Å². The summed E-state index contributed by atoms with van der Waals surface area (Å²) in [5, 5.41) is 14.6. The standard InChI is InChI=1S/C23H25N7S/c1-28-20(16-5-3-15(12-24)4-6-16)21(31-23(28)30-9-7-19(25)8-10-30)17-11-18-14-27-29(2)22(18)26-13-17/h3-6,11,13-14,19,23H,7-10,25H2,1-2H3. The minimum absolute atomic E-state index is 0.206. The highest BCUT2D eigenvalue weighted by Crippen LogP contribution is 2.49. The molecule has 2 aliphatic heterocycles. The van der Waals surface area contributed by atoms with Gasteiger partial charge in [0.25, 0.3) is 0 Å². The predicted octanol–water partition coefficient (Wildman–Crippen LogP) is 3.05. The first-order valence-corrected chi connectivity index (χ1v) is 11.3. The highest BCUT2D eigenvalue weighted by atomic mass is 32.2. The molecule has 1 atom stereocenters. The molecule has 2 N–H and O–H groups in total. The predicted molar refractivity (Wildman–Crippen MR) is 124 cm³/mol. The molecule has 0 amide bonds. The second-order valence-electron chi connectivity index (χ2n) is 8.20. The smallest absolute Gasteiger partial charge is 0.157 e. The molecule has 1 unspecified atom stereocenters. The topological polar surface area (TPSA) is 87.0 Å². The zero-order chi connectivity index (χ0) is 21.5. The minimum Gasteiger partial charge on any atom is -0.348 e. The van der Waals surface area contributed by atoms with Gasteiger partial charge in [-0.15, -0.1) is 0 Å². The number of fused-ring (bicyclic) bond motifs is 1. The molecule has 0 spiro atoms. The summed E-state index contributed by atoms with van der Waals surface area (Å²) in [4.78, 5) is 10.7. The molecule has 1 aromatic carbocycles. The van der Waals surface area contributed by atoms with Crippen LogP contribution in [0.1, 0.15) is 29.5 Å². The summed E-state index contributed by atoms with van der Waals surface area (Å²) in [5.74, 6) is 0. The normalized spacial score (nSPS) is 20.6. The quantitative estimate of drug-likeness (QED) is 0.682. The van der Waals surface area contributed by atoms with E-state index in [1.165, 1.54) is 10.6 Å². The van der Waals surface area contributed by atoms with Crippen LogP contribution in [0.4, 0.5) is 0 Å². The van der Waals surface area contributed by atoms with Gasteiger partial charge < -0.3 is 10.6 Å². The first-order chi connectivity index (χ1) is 15.0. The Hall–Kier alpha value is -2.86. The fraction of sp³-hybridized carbons (Fsp3) is 0.348. The van der Waals surface area contributed by atoms with Crippen LogP contribution in [-0.2, 0) is 7.05 Å². The molecule has 0 aliphatic carbocycles. The average Bonchev–Trinajstić information content (AvgIpc) is 3.34. The third kappa shape index (κ3) is 3.59. The van der Waals surface area contributed by atoms with Crippen LogP contribution >= 0.6 is 11.8 Å². The number of rotatable bonds is 3. The number of likely N-dealkylation sites (tertiary alicyclic amines) is 1. The summed E-state index contributed by atoms with van der Waals surface area (Å²) < 4.78 is 1.79. The van der Waals surface area contributed by atoms with Crippen molar-refractivity contribution in [1.82, 2.24) is 24.6 Å². The van der Waals surface area contributed by atoms with E-state index in [2.05, 4.69) is 39.1 Å². The highest BCUT2D eigenvalue weighted by Gasteiger charge is 2.36. The van der Waals surface area contributed by atoms with Gasteiger partial charge in [0.1, 0.15) is 5.50 Å². The lowest BCUT2D eigenvalue weighted by atomic mass is 10.1. The van der Waals surface area contributed by atoms with E-state index in [4.69, 9.17) is 5.73 Å². The monoisotopic (exact) mass is 431 g/mol. The lowest BCUT2D eigenvalue weighted by Gasteiger charge is -2.38. The molecule has 7 nitrogen and oxygen atoms in total. The van der Waals surface area contributed by atoms with Gasteiger partial charge in [-0.2, -0.15) is 10.4 Å². The number of nitriles is 1. The molecule has 0 saturated carbocycles. The maximum atomic E-state index is 9.20. The van der Waals surface area contributed by atoms with Crippen molar-refractivity contribution in [3.05, 3.63) is 59.4 Å². The molecule has 4 heterocycles. The summed E-state index contributed by atoms with van der Waals surface area (Å²) in [7, 11) is 4.06. The van der Waals surface area contributed by atoms with Crippen LogP contribution in [-0.4, -0.2) is 56.2 Å². The molecule has 158 valence electrons. The van der Waals surface area contributed by atoms with E-state index >= 15 is 0 Å². The van der Waals surface area contributed by atoms with E-state index < -0.39 is 0 Å². The van der Waals surface area contributed by atoms with Gasteiger partial charge in [0.05, 0.1) is 23.5 Å². The second-order valence-corrected chi connectivity index (χ2v) is 9.27. The number of nitrogens with two attached hydrogens (primary N) is 1. The molecule has 0 bridgehead atoms. The zero-order valence-electron chi connectivity index (χ0n) is 17.7. The Balaban J connectivity index is 1.57. The molecule has 2 aromatic heterocycles. The highest BCUT2D eigenvalue weighted by molar-refractivity contribution is 8.09. The van der Waals surface area contributed by atoms with Gasteiger partial charge in [-0.05, 0) is 36.6 Å². The molecule has 0 radical (unpaired) electrons. The van der Waals surface area contributed by atoms with Crippen molar-refractivity contribution in [3.63, 3.8) is 0 Å². The average molecular weight is 432 g/mol. The number of benzene rings is 1. The van der Waals surface area contributed by atoms with Gasteiger partial charge in [0.2, 0.25) is 0 Å². The Bertz CT molecular complexity index is 1180. The van der Waals surface area contributed by atoms with Gasteiger partial charge in [0, 0.05) is 55.3 Å². The SMILES string of the molecule is CN1C(c2ccc(C#N)cc2)=C(c2cnc3c(cnn3C)c2)SC1N1CCC(N)CC1. The Morgan fingerprint density at radius 3 is 2.55 bits per heavy atom. The molecular formula is C23H25N7S. The van der Waals surface area contributed by atoms with Crippen LogP contribution in [0.15, 0.2) is 42.7 Å². The molecular weight excluding hydrogens is 406 g/mol. The number of aromatic nitrogens is 3. The number of thioether (sulfide) groups is 1. The lowest BCUT2D eigenvalue weighted by Crippen LogP contribution is -2.48. The van der Waals surface area contributed by atoms with E-state index in [1.807, 2.05) is 55.5 Å². The summed E-state index contributed by atoms with van der Waals surface area (Å²) in [6.45, 7) is 1.99. The second kappa shape index (κ2) is 8.00. The van der Waals surface area contributed by atoms with Crippen LogP contribution in [0.2, 0.25) is 0 Å². The van der Waals surface area contributed by atoms with Crippen molar-refractivity contribution in [2.75, 3.05) is 20.1 Å². The molecule has 1 fully saturated rings. The molecule has 2 aliphatic rings. The first-order valence-electron chi connectivity index (χ1n) is 10.5. The fourth-order valence-electron chi connectivity index (χ4n) is 4.38.